The van der Waals surface area contributed by atoms with Crippen molar-refractivity contribution in [2.24, 2.45) is 0 Å². The maximum absolute atomic E-state index is 6.45. The van der Waals surface area contributed by atoms with Crippen LogP contribution < -0.4 is 12.4 Å². The molecule has 0 aliphatic heterocycles. The van der Waals surface area contributed by atoms with Crippen molar-refractivity contribution < 1.29 is 12.4 Å². The molecule has 1 aromatic rings. The van der Waals surface area contributed by atoms with Crippen molar-refractivity contribution >= 4 is 18.9 Å². The van der Waals surface area contributed by atoms with Crippen LogP contribution in [-0.4, -0.2) is 18.5 Å². The van der Waals surface area contributed by atoms with Crippen molar-refractivity contribution in [1.82, 2.24) is 0 Å². The number of halogens is 2. The third-order valence-corrected chi connectivity index (χ3v) is 9.60. The molecule has 0 N–H and O–H groups in total. The minimum absolute atomic E-state index is 0. The molecule has 0 fully saturated rings. The van der Waals surface area contributed by atoms with Crippen LogP contribution in [0.5, 0.6) is 0 Å². The Morgan fingerprint density at radius 3 is 1.68 bits per heavy atom. The highest BCUT2D eigenvalue weighted by Crippen LogP contribution is 2.63. The van der Waals surface area contributed by atoms with Crippen molar-refractivity contribution in [3.05, 3.63) is 34.9 Å². The van der Waals surface area contributed by atoms with Crippen molar-refractivity contribution in [3.63, 3.8) is 0 Å². The molecular weight excluding hydrogens is 330 g/mol. The van der Waals surface area contributed by atoms with Crippen LogP contribution in [-0.2, 0) is 6.16 Å². The van der Waals surface area contributed by atoms with E-state index in [1.54, 1.807) is 0 Å². The van der Waals surface area contributed by atoms with Crippen LogP contribution in [0.25, 0.3) is 0 Å². The Morgan fingerprint density at radius 1 is 0.818 bits per heavy atom. The zero-order chi connectivity index (χ0) is 15.6. The summed E-state index contributed by atoms with van der Waals surface area (Å²) in [7, 11) is -0.879. The van der Waals surface area contributed by atoms with Gasteiger partial charge in [0.2, 0.25) is 0 Å². The molecular formula is C19H33Cl2P. The molecule has 0 nitrogen and oxygen atoms in total. The summed E-state index contributed by atoms with van der Waals surface area (Å²) in [5, 5.41) is 0.978. The normalized spacial score (nSPS) is 11.3. The maximum Gasteiger partial charge on any atom is 0.0857 e. The van der Waals surface area contributed by atoms with Crippen molar-refractivity contribution in [2.45, 2.75) is 65.5 Å². The van der Waals surface area contributed by atoms with Crippen LogP contribution in [0.3, 0.4) is 0 Å². The second-order valence-electron chi connectivity index (χ2n) is 6.32. The van der Waals surface area contributed by atoms with Gasteiger partial charge < -0.3 is 12.4 Å². The molecule has 0 aliphatic carbocycles. The summed E-state index contributed by atoms with van der Waals surface area (Å²) < 4.78 is 0. The van der Waals surface area contributed by atoms with Crippen LogP contribution >= 0.6 is 18.9 Å². The summed E-state index contributed by atoms with van der Waals surface area (Å²) in [6.45, 7) is 6.97. The van der Waals surface area contributed by atoms with Gasteiger partial charge in [-0.15, -0.1) is 0 Å². The lowest BCUT2D eigenvalue weighted by molar-refractivity contribution is -0.00000462. The van der Waals surface area contributed by atoms with Crippen LogP contribution in [0, 0.1) is 0 Å². The highest BCUT2D eigenvalue weighted by molar-refractivity contribution is 7.75. The molecule has 0 unspecified atom stereocenters. The Hall–Kier alpha value is 0.230. The molecule has 0 atom stereocenters. The first-order valence-electron chi connectivity index (χ1n) is 8.76. The van der Waals surface area contributed by atoms with Crippen molar-refractivity contribution in [2.75, 3.05) is 18.5 Å². The largest absolute Gasteiger partial charge is 1.00 e. The van der Waals surface area contributed by atoms with Gasteiger partial charge in [-0.05, 0) is 25.3 Å². The fourth-order valence-electron chi connectivity index (χ4n) is 3.04. The number of hydrogen-bond acceptors (Lipinski definition) is 0. The lowest BCUT2D eigenvalue weighted by atomic mass is 10.2. The molecule has 22 heavy (non-hydrogen) atoms. The third kappa shape index (κ3) is 7.67. The first-order valence-corrected chi connectivity index (χ1v) is 11.7. The van der Waals surface area contributed by atoms with Crippen molar-refractivity contribution in [1.29, 1.82) is 0 Å². The summed E-state index contributed by atoms with van der Waals surface area (Å²) >= 11 is 6.45. The van der Waals surface area contributed by atoms with E-state index in [0.717, 1.165) is 5.02 Å². The molecule has 3 heteroatoms. The summed E-state index contributed by atoms with van der Waals surface area (Å²) in [6.07, 6.45) is 13.8. The molecule has 0 heterocycles. The first-order chi connectivity index (χ1) is 10.2. The molecule has 0 aliphatic rings. The molecule has 0 aromatic heterocycles. The molecule has 0 radical (unpaired) electrons. The Morgan fingerprint density at radius 2 is 1.27 bits per heavy atom. The fourth-order valence-corrected chi connectivity index (χ4v) is 8.44. The van der Waals surface area contributed by atoms with Gasteiger partial charge in [-0.3, -0.25) is 0 Å². The molecule has 0 bridgehead atoms. The topological polar surface area (TPSA) is 0 Å². The zero-order valence-corrected chi connectivity index (χ0v) is 17.0. The molecule has 0 saturated carbocycles. The third-order valence-electron chi connectivity index (χ3n) is 4.42. The summed E-state index contributed by atoms with van der Waals surface area (Å²) in [6, 6.07) is 8.51. The van der Waals surface area contributed by atoms with Gasteiger partial charge >= 0.3 is 0 Å². The van der Waals surface area contributed by atoms with Gasteiger partial charge in [0.25, 0.3) is 0 Å². The average Bonchev–Trinajstić information content (AvgIpc) is 2.51. The van der Waals surface area contributed by atoms with E-state index in [1.807, 2.05) is 0 Å². The first kappa shape index (κ1) is 22.2. The molecule has 0 saturated heterocycles. The van der Waals surface area contributed by atoms with Gasteiger partial charge in [-0.1, -0.05) is 69.8 Å². The molecule has 0 spiro atoms. The van der Waals surface area contributed by atoms with E-state index in [-0.39, 0.29) is 12.4 Å². The van der Waals surface area contributed by atoms with E-state index in [1.165, 1.54) is 68.7 Å². The standard InChI is InChI=1S/C19H33ClP.ClH/c1-4-7-14-21(15-8-5-2,16-9-6-3)17-18-12-10-11-13-19(18)20;/h10-13H,4-9,14-17H2,1-3H3;1H/q+1;/p-1. The number of rotatable bonds is 11. The highest BCUT2D eigenvalue weighted by Gasteiger charge is 2.36. The van der Waals surface area contributed by atoms with E-state index in [9.17, 15) is 0 Å². The van der Waals surface area contributed by atoms with E-state index in [4.69, 9.17) is 11.6 Å². The van der Waals surface area contributed by atoms with Gasteiger partial charge in [-0.25, -0.2) is 0 Å². The predicted octanol–water partition coefficient (Wildman–Crippen LogP) is 4.26. The number of benzene rings is 1. The Bertz CT molecular complexity index is 371. The summed E-state index contributed by atoms with van der Waals surface area (Å²) in [5.74, 6) is 0. The molecule has 0 amide bonds. The highest BCUT2D eigenvalue weighted by atomic mass is 35.5. The molecule has 1 rings (SSSR count). The van der Waals surface area contributed by atoms with Gasteiger partial charge in [0, 0.05) is 17.8 Å². The zero-order valence-electron chi connectivity index (χ0n) is 14.6. The van der Waals surface area contributed by atoms with Crippen LogP contribution in [0.15, 0.2) is 24.3 Å². The minimum atomic E-state index is -0.879. The predicted molar refractivity (Wildman–Crippen MR) is 101 cm³/mol. The Labute approximate surface area is 150 Å². The van der Waals surface area contributed by atoms with E-state index in [2.05, 4.69) is 45.0 Å². The molecule has 1 aromatic carbocycles. The van der Waals surface area contributed by atoms with Gasteiger partial charge in [0.15, 0.2) is 0 Å². The monoisotopic (exact) mass is 362 g/mol. The maximum atomic E-state index is 6.45. The second-order valence-corrected chi connectivity index (χ2v) is 11.1. The van der Waals surface area contributed by atoms with E-state index in [0.29, 0.717) is 0 Å². The van der Waals surface area contributed by atoms with E-state index < -0.39 is 7.26 Å². The lowest BCUT2D eigenvalue weighted by Crippen LogP contribution is -3.00. The fraction of sp³-hybridized carbons (Fsp3) is 0.684. The van der Waals surface area contributed by atoms with Crippen LogP contribution in [0.2, 0.25) is 5.02 Å². The van der Waals surface area contributed by atoms with Gasteiger partial charge in [0.1, 0.15) is 0 Å². The summed E-state index contributed by atoms with van der Waals surface area (Å²) in [5.41, 5.74) is 1.40. The quantitative estimate of drug-likeness (QED) is 0.516. The Kier molecular flexibility index (Phi) is 12.8. The van der Waals surface area contributed by atoms with Crippen LogP contribution in [0.4, 0.5) is 0 Å². The SMILES string of the molecule is CCCC[P+](CCCC)(CCCC)Cc1ccccc1Cl.[Cl-]. The summed E-state index contributed by atoms with van der Waals surface area (Å²) in [4.78, 5) is 0. The van der Waals surface area contributed by atoms with E-state index >= 15 is 0 Å². The Balaban J connectivity index is 0.00000441. The average molecular weight is 363 g/mol. The van der Waals surface area contributed by atoms with Gasteiger partial charge in [0.05, 0.1) is 24.6 Å². The number of hydrogen-bond donors (Lipinski definition) is 0. The smallest absolute Gasteiger partial charge is 0.0857 e. The minimum Gasteiger partial charge on any atom is -1.00 e. The van der Waals surface area contributed by atoms with Gasteiger partial charge in [-0.2, -0.15) is 0 Å². The second kappa shape index (κ2) is 12.6. The van der Waals surface area contributed by atoms with Crippen molar-refractivity contribution in [3.8, 4) is 0 Å². The molecule has 128 valence electrons. The number of unbranched alkanes of at least 4 members (excludes halogenated alkanes) is 3. The van der Waals surface area contributed by atoms with Crippen LogP contribution in [0.1, 0.15) is 64.9 Å². The lowest BCUT2D eigenvalue weighted by Gasteiger charge is -2.28.